The van der Waals surface area contributed by atoms with E-state index in [-0.39, 0.29) is 13.2 Å². The zero-order chi connectivity index (χ0) is 19.5. The van der Waals surface area contributed by atoms with Gasteiger partial charge in [-0.05, 0) is 30.7 Å². The zero-order valence-electron chi connectivity index (χ0n) is 14.8. The number of carbonyl (C=O) groups is 3. The SMILES string of the molecule is CCCOc1ccccc1OCC(=O)NNC(=O)C(=O)NCc1ccco1. The molecule has 9 heteroatoms. The minimum Gasteiger partial charge on any atom is -0.490 e. The smallest absolute Gasteiger partial charge is 0.327 e. The summed E-state index contributed by atoms with van der Waals surface area (Å²) < 4.78 is 15.9. The van der Waals surface area contributed by atoms with Crippen LogP contribution in [-0.2, 0) is 20.9 Å². The fourth-order valence-electron chi connectivity index (χ4n) is 1.92. The Kier molecular flexibility index (Phi) is 7.70. The summed E-state index contributed by atoms with van der Waals surface area (Å²) in [7, 11) is 0. The van der Waals surface area contributed by atoms with Crippen LogP contribution in [0.3, 0.4) is 0 Å². The fourth-order valence-corrected chi connectivity index (χ4v) is 1.92. The number of carbonyl (C=O) groups excluding carboxylic acids is 3. The van der Waals surface area contributed by atoms with Gasteiger partial charge in [0, 0.05) is 0 Å². The molecule has 0 aliphatic heterocycles. The summed E-state index contributed by atoms with van der Waals surface area (Å²) in [5.74, 6) is -1.13. The maximum absolute atomic E-state index is 11.8. The lowest BCUT2D eigenvalue weighted by atomic mass is 10.3. The van der Waals surface area contributed by atoms with Crippen LogP contribution < -0.4 is 25.6 Å². The second-order valence-corrected chi connectivity index (χ2v) is 5.35. The highest BCUT2D eigenvalue weighted by Crippen LogP contribution is 2.26. The Morgan fingerprint density at radius 1 is 0.963 bits per heavy atom. The maximum atomic E-state index is 11.8. The Morgan fingerprint density at radius 3 is 2.37 bits per heavy atom. The molecule has 3 amide bonds. The summed E-state index contributed by atoms with van der Waals surface area (Å²) in [4.78, 5) is 35.0. The van der Waals surface area contributed by atoms with Crippen LogP contribution in [0.4, 0.5) is 0 Å². The molecule has 2 rings (SSSR count). The van der Waals surface area contributed by atoms with Crippen molar-refractivity contribution in [3.63, 3.8) is 0 Å². The van der Waals surface area contributed by atoms with Crippen molar-refractivity contribution >= 4 is 17.7 Å². The summed E-state index contributed by atoms with van der Waals surface area (Å²) in [5.41, 5.74) is 4.11. The molecule has 0 aliphatic carbocycles. The van der Waals surface area contributed by atoms with Gasteiger partial charge in [0.1, 0.15) is 5.76 Å². The molecule has 1 aromatic heterocycles. The third-order valence-electron chi connectivity index (χ3n) is 3.19. The van der Waals surface area contributed by atoms with Crippen molar-refractivity contribution in [2.24, 2.45) is 0 Å². The second kappa shape index (κ2) is 10.5. The summed E-state index contributed by atoms with van der Waals surface area (Å²) >= 11 is 0. The minimum atomic E-state index is -1.01. The van der Waals surface area contributed by atoms with Gasteiger partial charge < -0.3 is 19.2 Å². The number of para-hydroxylation sites is 2. The van der Waals surface area contributed by atoms with Crippen molar-refractivity contribution in [2.75, 3.05) is 13.2 Å². The first-order chi connectivity index (χ1) is 13.1. The van der Waals surface area contributed by atoms with Crippen LogP contribution in [0, 0.1) is 0 Å². The van der Waals surface area contributed by atoms with Crippen LogP contribution in [0.25, 0.3) is 0 Å². The van der Waals surface area contributed by atoms with E-state index in [0.29, 0.717) is 23.9 Å². The Morgan fingerprint density at radius 2 is 1.70 bits per heavy atom. The molecule has 0 aliphatic rings. The van der Waals surface area contributed by atoms with Gasteiger partial charge in [-0.15, -0.1) is 0 Å². The zero-order valence-corrected chi connectivity index (χ0v) is 14.8. The van der Waals surface area contributed by atoms with E-state index >= 15 is 0 Å². The van der Waals surface area contributed by atoms with Gasteiger partial charge in [0.25, 0.3) is 5.91 Å². The first-order valence-corrected chi connectivity index (χ1v) is 8.34. The van der Waals surface area contributed by atoms with Crippen LogP contribution in [0.1, 0.15) is 19.1 Å². The lowest BCUT2D eigenvalue weighted by Crippen LogP contribution is -2.49. The molecule has 1 heterocycles. The molecule has 0 spiro atoms. The van der Waals surface area contributed by atoms with Crippen molar-refractivity contribution in [3.8, 4) is 11.5 Å². The van der Waals surface area contributed by atoms with Gasteiger partial charge >= 0.3 is 11.8 Å². The van der Waals surface area contributed by atoms with E-state index in [1.165, 1.54) is 6.26 Å². The summed E-state index contributed by atoms with van der Waals surface area (Å²) in [6.45, 7) is 2.20. The number of ether oxygens (including phenoxy) is 2. The lowest BCUT2D eigenvalue weighted by Gasteiger charge is -2.12. The predicted octanol–water partition coefficient (Wildman–Crippen LogP) is 0.911. The number of amides is 3. The summed E-state index contributed by atoms with van der Waals surface area (Å²) in [5, 5.41) is 2.35. The molecule has 0 radical (unpaired) electrons. The highest BCUT2D eigenvalue weighted by molar-refractivity contribution is 6.35. The molecule has 0 fully saturated rings. The van der Waals surface area contributed by atoms with E-state index in [4.69, 9.17) is 13.9 Å². The van der Waals surface area contributed by atoms with E-state index in [0.717, 1.165) is 6.42 Å². The minimum absolute atomic E-state index is 0.0604. The lowest BCUT2D eigenvalue weighted by molar-refractivity contribution is -0.141. The molecule has 3 N–H and O–H groups in total. The van der Waals surface area contributed by atoms with Crippen molar-refractivity contribution < 1.29 is 28.3 Å². The normalized spacial score (nSPS) is 9.96. The monoisotopic (exact) mass is 375 g/mol. The molecule has 0 bridgehead atoms. The molecule has 0 unspecified atom stereocenters. The molecule has 9 nitrogen and oxygen atoms in total. The number of hydrogen-bond acceptors (Lipinski definition) is 6. The van der Waals surface area contributed by atoms with Crippen molar-refractivity contribution in [2.45, 2.75) is 19.9 Å². The first-order valence-electron chi connectivity index (χ1n) is 8.34. The fraction of sp³-hybridized carbons (Fsp3) is 0.278. The Hall–Kier alpha value is -3.49. The van der Waals surface area contributed by atoms with Gasteiger partial charge in [-0.3, -0.25) is 25.2 Å². The van der Waals surface area contributed by atoms with E-state index in [9.17, 15) is 14.4 Å². The highest BCUT2D eigenvalue weighted by atomic mass is 16.5. The maximum Gasteiger partial charge on any atom is 0.327 e. The van der Waals surface area contributed by atoms with E-state index in [1.807, 2.05) is 12.3 Å². The largest absolute Gasteiger partial charge is 0.490 e. The van der Waals surface area contributed by atoms with Crippen LogP contribution in [-0.4, -0.2) is 30.9 Å². The number of hydrogen-bond donors (Lipinski definition) is 3. The number of benzene rings is 1. The molecule has 0 saturated carbocycles. The Labute approximate surface area is 156 Å². The molecule has 1 aromatic carbocycles. The van der Waals surface area contributed by atoms with Crippen LogP contribution >= 0.6 is 0 Å². The van der Waals surface area contributed by atoms with Crippen LogP contribution in [0.2, 0.25) is 0 Å². The van der Waals surface area contributed by atoms with Gasteiger partial charge in [-0.1, -0.05) is 19.1 Å². The summed E-state index contributed by atoms with van der Waals surface area (Å²) in [6.07, 6.45) is 2.29. The Balaban J connectivity index is 1.71. The molecule has 27 heavy (non-hydrogen) atoms. The quantitative estimate of drug-likeness (QED) is 0.466. The third-order valence-corrected chi connectivity index (χ3v) is 3.19. The number of nitrogens with one attached hydrogen (secondary N) is 3. The molecule has 0 atom stereocenters. The van der Waals surface area contributed by atoms with Crippen molar-refractivity contribution in [1.82, 2.24) is 16.2 Å². The van der Waals surface area contributed by atoms with Crippen LogP contribution in [0.15, 0.2) is 47.1 Å². The van der Waals surface area contributed by atoms with Gasteiger partial charge in [0.05, 0.1) is 19.4 Å². The Bertz CT molecular complexity index is 760. The molecular formula is C18H21N3O6. The molecule has 144 valence electrons. The second-order valence-electron chi connectivity index (χ2n) is 5.35. The molecule has 2 aromatic rings. The van der Waals surface area contributed by atoms with Crippen LogP contribution in [0.5, 0.6) is 11.5 Å². The van der Waals surface area contributed by atoms with E-state index in [1.54, 1.807) is 36.4 Å². The van der Waals surface area contributed by atoms with Gasteiger partial charge in [-0.2, -0.15) is 0 Å². The number of hydrazine groups is 1. The molecular weight excluding hydrogens is 354 g/mol. The standard InChI is InChI=1S/C18H21N3O6/c1-2-9-26-14-7-3-4-8-15(14)27-12-16(22)20-21-18(24)17(23)19-11-13-6-5-10-25-13/h3-8,10H,2,9,11-12H2,1H3,(H,19,23)(H,20,22)(H,21,24). The van der Waals surface area contributed by atoms with Crippen molar-refractivity contribution in [1.29, 1.82) is 0 Å². The predicted molar refractivity (Wildman–Crippen MR) is 94.6 cm³/mol. The molecule has 0 saturated heterocycles. The first kappa shape index (κ1) is 19.8. The highest BCUT2D eigenvalue weighted by Gasteiger charge is 2.15. The number of furan rings is 1. The third kappa shape index (κ3) is 6.73. The average Bonchev–Trinajstić information content (AvgIpc) is 3.21. The van der Waals surface area contributed by atoms with Gasteiger partial charge in [-0.25, -0.2) is 0 Å². The van der Waals surface area contributed by atoms with Gasteiger partial charge in [0.2, 0.25) is 0 Å². The van der Waals surface area contributed by atoms with E-state index < -0.39 is 17.7 Å². The van der Waals surface area contributed by atoms with Crippen molar-refractivity contribution in [3.05, 3.63) is 48.4 Å². The summed E-state index contributed by atoms with van der Waals surface area (Å²) in [6, 6.07) is 10.2. The van der Waals surface area contributed by atoms with Gasteiger partial charge in [0.15, 0.2) is 18.1 Å². The topological polar surface area (TPSA) is 119 Å². The average molecular weight is 375 g/mol. The number of rotatable bonds is 8. The van der Waals surface area contributed by atoms with E-state index in [2.05, 4.69) is 10.7 Å².